The van der Waals surface area contributed by atoms with Gasteiger partial charge in [-0.25, -0.2) is 4.98 Å². The molecular weight excluding hydrogens is 396 g/mol. The van der Waals surface area contributed by atoms with Gasteiger partial charge in [-0.15, -0.1) is 11.3 Å². The third kappa shape index (κ3) is 5.83. The molecule has 158 valence electrons. The van der Waals surface area contributed by atoms with E-state index in [4.69, 9.17) is 9.47 Å². The van der Waals surface area contributed by atoms with E-state index >= 15 is 0 Å². The molecule has 1 aromatic heterocycles. The highest BCUT2D eigenvalue weighted by atomic mass is 32.1. The van der Waals surface area contributed by atoms with Gasteiger partial charge in [0, 0.05) is 17.4 Å². The average molecular weight is 425 g/mol. The van der Waals surface area contributed by atoms with Gasteiger partial charge in [0.25, 0.3) is 0 Å². The number of carbonyl (C=O) groups excluding carboxylic acids is 1. The molecule has 2 aromatic carbocycles. The average Bonchev–Trinajstić information content (AvgIpc) is 3.19. The summed E-state index contributed by atoms with van der Waals surface area (Å²) in [5, 5.41) is 5.41. The molecular formula is C24H28N2O3S. The molecule has 0 bridgehead atoms. The first-order valence-electron chi connectivity index (χ1n) is 10.1. The van der Waals surface area contributed by atoms with Crippen molar-refractivity contribution in [2.24, 2.45) is 0 Å². The number of thiazole rings is 1. The van der Waals surface area contributed by atoms with Crippen molar-refractivity contribution in [1.29, 1.82) is 0 Å². The summed E-state index contributed by atoms with van der Waals surface area (Å²) in [6.07, 6.45) is 1.04. The van der Waals surface area contributed by atoms with Gasteiger partial charge in [-0.3, -0.25) is 4.79 Å². The van der Waals surface area contributed by atoms with E-state index in [-0.39, 0.29) is 5.91 Å². The van der Waals surface area contributed by atoms with Gasteiger partial charge in [-0.05, 0) is 66.8 Å². The summed E-state index contributed by atoms with van der Waals surface area (Å²) < 4.78 is 11.0. The second kappa shape index (κ2) is 10.3. The molecule has 0 fully saturated rings. The lowest BCUT2D eigenvalue weighted by molar-refractivity contribution is -0.116. The number of aromatic nitrogens is 1. The zero-order valence-corrected chi connectivity index (χ0v) is 18.7. The Labute approximate surface area is 182 Å². The smallest absolute Gasteiger partial charge is 0.226 e. The molecule has 0 unspecified atom stereocenters. The molecule has 3 aromatic rings. The molecule has 30 heavy (non-hydrogen) atoms. The van der Waals surface area contributed by atoms with Crippen LogP contribution in [-0.2, 0) is 4.79 Å². The van der Waals surface area contributed by atoms with Gasteiger partial charge in [0.2, 0.25) is 5.91 Å². The summed E-state index contributed by atoms with van der Waals surface area (Å²) in [7, 11) is 1.64. The summed E-state index contributed by atoms with van der Waals surface area (Å²) in [4.78, 5) is 16.7. The number of hydrogen-bond acceptors (Lipinski definition) is 5. The standard InChI is InChI=1S/C24H28N2O3S/c1-16(2)21-12-11-20(14-17(21)3)29-13-5-6-23(27)26-24-25-22(15-30-24)18-7-9-19(28-4)10-8-18/h7-12,14-16H,5-6,13H2,1-4H3,(H,25,26,27). The zero-order valence-electron chi connectivity index (χ0n) is 17.9. The number of nitrogens with one attached hydrogen (secondary N) is 1. The fourth-order valence-corrected chi connectivity index (χ4v) is 3.95. The number of anilines is 1. The van der Waals surface area contributed by atoms with Crippen LogP contribution in [0.2, 0.25) is 0 Å². The van der Waals surface area contributed by atoms with Crippen LogP contribution in [0.3, 0.4) is 0 Å². The Morgan fingerprint density at radius 1 is 1.13 bits per heavy atom. The molecule has 0 aliphatic heterocycles. The first kappa shape index (κ1) is 21.8. The fourth-order valence-electron chi connectivity index (χ4n) is 3.22. The number of benzene rings is 2. The third-order valence-corrected chi connectivity index (χ3v) is 5.57. The SMILES string of the molecule is COc1ccc(-c2csc(NC(=O)CCCOc3ccc(C(C)C)c(C)c3)n2)cc1. The van der Waals surface area contributed by atoms with Crippen LogP contribution in [0.5, 0.6) is 11.5 Å². The molecule has 0 saturated heterocycles. The molecule has 0 saturated carbocycles. The molecule has 0 spiro atoms. The van der Waals surface area contributed by atoms with E-state index in [0.717, 1.165) is 22.8 Å². The predicted molar refractivity (Wildman–Crippen MR) is 123 cm³/mol. The lowest BCUT2D eigenvalue weighted by Crippen LogP contribution is -2.12. The molecule has 0 aliphatic carbocycles. The van der Waals surface area contributed by atoms with Crippen molar-refractivity contribution in [3.05, 3.63) is 59.0 Å². The normalized spacial score (nSPS) is 10.8. The minimum atomic E-state index is -0.0550. The number of aryl methyl sites for hydroxylation is 1. The number of nitrogens with zero attached hydrogens (tertiary/aromatic N) is 1. The number of methoxy groups -OCH3 is 1. The van der Waals surface area contributed by atoms with Crippen LogP contribution < -0.4 is 14.8 Å². The van der Waals surface area contributed by atoms with Crippen molar-refractivity contribution in [1.82, 2.24) is 4.98 Å². The van der Waals surface area contributed by atoms with Crippen LogP contribution in [0.25, 0.3) is 11.3 Å². The number of rotatable bonds is 9. The van der Waals surface area contributed by atoms with Gasteiger partial charge >= 0.3 is 0 Å². The van der Waals surface area contributed by atoms with E-state index in [9.17, 15) is 4.79 Å². The van der Waals surface area contributed by atoms with E-state index in [2.05, 4.69) is 43.2 Å². The van der Waals surface area contributed by atoms with E-state index in [1.165, 1.54) is 22.5 Å². The second-order valence-corrected chi connectivity index (χ2v) is 8.30. The highest BCUT2D eigenvalue weighted by Gasteiger charge is 2.09. The predicted octanol–water partition coefficient (Wildman–Crippen LogP) is 6.05. The van der Waals surface area contributed by atoms with Gasteiger partial charge in [0.1, 0.15) is 11.5 Å². The van der Waals surface area contributed by atoms with Gasteiger partial charge in [-0.2, -0.15) is 0 Å². The van der Waals surface area contributed by atoms with Crippen LogP contribution >= 0.6 is 11.3 Å². The summed E-state index contributed by atoms with van der Waals surface area (Å²) >= 11 is 1.42. The molecule has 5 nitrogen and oxygen atoms in total. The minimum absolute atomic E-state index is 0.0550. The van der Waals surface area contributed by atoms with E-state index in [0.29, 0.717) is 30.5 Å². The Bertz CT molecular complexity index is 980. The first-order chi connectivity index (χ1) is 14.5. The lowest BCUT2D eigenvalue weighted by atomic mass is 9.98. The fraction of sp³-hybridized carbons (Fsp3) is 0.333. The quantitative estimate of drug-likeness (QED) is 0.425. The van der Waals surface area contributed by atoms with E-state index < -0.39 is 0 Å². The maximum absolute atomic E-state index is 12.2. The molecule has 0 aliphatic rings. The Morgan fingerprint density at radius 3 is 2.53 bits per heavy atom. The molecule has 3 rings (SSSR count). The molecule has 0 atom stereocenters. The number of carbonyl (C=O) groups is 1. The van der Waals surface area contributed by atoms with Gasteiger partial charge in [-0.1, -0.05) is 19.9 Å². The highest BCUT2D eigenvalue weighted by molar-refractivity contribution is 7.14. The van der Waals surface area contributed by atoms with Gasteiger partial charge in [0.05, 0.1) is 19.4 Å². The third-order valence-electron chi connectivity index (χ3n) is 4.82. The maximum Gasteiger partial charge on any atom is 0.226 e. The maximum atomic E-state index is 12.2. The summed E-state index contributed by atoms with van der Waals surface area (Å²) in [5.41, 5.74) is 4.39. The van der Waals surface area contributed by atoms with Crippen molar-refractivity contribution < 1.29 is 14.3 Å². The summed E-state index contributed by atoms with van der Waals surface area (Å²) in [6.45, 7) is 6.97. The van der Waals surface area contributed by atoms with Crippen LogP contribution in [0.1, 0.15) is 43.7 Å². The lowest BCUT2D eigenvalue weighted by Gasteiger charge is -2.12. The number of hydrogen-bond donors (Lipinski definition) is 1. The molecule has 6 heteroatoms. The second-order valence-electron chi connectivity index (χ2n) is 7.44. The highest BCUT2D eigenvalue weighted by Crippen LogP contribution is 2.27. The Balaban J connectivity index is 1.44. The monoisotopic (exact) mass is 424 g/mol. The summed E-state index contributed by atoms with van der Waals surface area (Å²) in [6, 6.07) is 13.9. The van der Waals surface area contributed by atoms with Crippen LogP contribution in [0, 0.1) is 6.92 Å². The van der Waals surface area contributed by atoms with Crippen molar-refractivity contribution >= 4 is 22.4 Å². The van der Waals surface area contributed by atoms with Crippen molar-refractivity contribution in [3.8, 4) is 22.8 Å². The Morgan fingerprint density at radius 2 is 1.87 bits per heavy atom. The van der Waals surface area contributed by atoms with Crippen LogP contribution in [0.15, 0.2) is 47.8 Å². The van der Waals surface area contributed by atoms with Crippen molar-refractivity contribution in [2.45, 2.75) is 39.5 Å². The van der Waals surface area contributed by atoms with E-state index in [1.807, 2.05) is 35.7 Å². The number of amides is 1. The van der Waals surface area contributed by atoms with Crippen molar-refractivity contribution in [3.63, 3.8) is 0 Å². The topological polar surface area (TPSA) is 60.5 Å². The zero-order chi connectivity index (χ0) is 21.5. The van der Waals surface area contributed by atoms with E-state index in [1.54, 1.807) is 7.11 Å². The van der Waals surface area contributed by atoms with Gasteiger partial charge < -0.3 is 14.8 Å². The number of ether oxygens (including phenoxy) is 2. The molecule has 1 amide bonds. The molecule has 1 heterocycles. The summed E-state index contributed by atoms with van der Waals surface area (Å²) in [5.74, 6) is 2.09. The minimum Gasteiger partial charge on any atom is -0.497 e. The largest absolute Gasteiger partial charge is 0.497 e. The molecule has 0 radical (unpaired) electrons. The van der Waals surface area contributed by atoms with Crippen LogP contribution in [0.4, 0.5) is 5.13 Å². The Hall–Kier alpha value is -2.86. The van der Waals surface area contributed by atoms with Gasteiger partial charge in [0.15, 0.2) is 5.13 Å². The van der Waals surface area contributed by atoms with Crippen molar-refractivity contribution in [2.75, 3.05) is 19.0 Å². The Kier molecular flexibility index (Phi) is 7.46. The first-order valence-corrected chi connectivity index (χ1v) is 11.0. The van der Waals surface area contributed by atoms with Crippen LogP contribution in [-0.4, -0.2) is 24.6 Å². The molecule has 1 N–H and O–H groups in total.